The van der Waals surface area contributed by atoms with Crippen molar-refractivity contribution >= 4 is 35.6 Å². The van der Waals surface area contributed by atoms with Crippen molar-refractivity contribution in [2.24, 2.45) is 16.6 Å². The van der Waals surface area contributed by atoms with Crippen LogP contribution in [0.3, 0.4) is 0 Å². The summed E-state index contributed by atoms with van der Waals surface area (Å²) in [5.74, 6) is 1.13. The van der Waals surface area contributed by atoms with Gasteiger partial charge in [-0.2, -0.15) is 0 Å². The van der Waals surface area contributed by atoms with Gasteiger partial charge in [-0.3, -0.25) is 9.89 Å². The maximum absolute atomic E-state index is 6.11. The van der Waals surface area contributed by atoms with Crippen LogP contribution in [-0.4, -0.2) is 49.7 Å². The van der Waals surface area contributed by atoms with E-state index in [1.165, 1.54) is 11.1 Å². The third-order valence-corrected chi connectivity index (χ3v) is 4.27. The maximum Gasteiger partial charge on any atom is 0.193 e. The first kappa shape index (κ1) is 22.2. The predicted molar refractivity (Wildman–Crippen MR) is 117 cm³/mol. The van der Waals surface area contributed by atoms with E-state index in [4.69, 9.17) is 10.5 Å². The second-order valence-corrected chi connectivity index (χ2v) is 7.16. The van der Waals surface area contributed by atoms with Gasteiger partial charge >= 0.3 is 0 Å². The van der Waals surface area contributed by atoms with Crippen molar-refractivity contribution in [1.82, 2.24) is 4.90 Å². The molecule has 5 nitrogen and oxygen atoms in total. The van der Waals surface area contributed by atoms with Crippen LogP contribution in [-0.2, 0) is 4.74 Å². The van der Waals surface area contributed by atoms with Crippen LogP contribution < -0.4 is 11.1 Å². The zero-order valence-corrected chi connectivity index (χ0v) is 18.2. The Bertz CT molecular complexity index is 536. The van der Waals surface area contributed by atoms with Gasteiger partial charge in [-0.25, -0.2) is 0 Å². The molecule has 0 saturated carbocycles. The average molecular weight is 460 g/mol. The van der Waals surface area contributed by atoms with Gasteiger partial charge in [0, 0.05) is 24.8 Å². The molecule has 1 heterocycles. The van der Waals surface area contributed by atoms with Gasteiger partial charge in [0.1, 0.15) is 0 Å². The molecular weight excluding hydrogens is 427 g/mol. The van der Waals surface area contributed by atoms with Crippen LogP contribution in [0.15, 0.2) is 23.2 Å². The third-order valence-electron chi connectivity index (χ3n) is 4.27. The monoisotopic (exact) mass is 460 g/mol. The van der Waals surface area contributed by atoms with Gasteiger partial charge < -0.3 is 15.8 Å². The molecule has 0 radical (unpaired) electrons. The summed E-state index contributed by atoms with van der Waals surface area (Å²) in [5.41, 5.74) is 9.55. The average Bonchev–Trinajstić information content (AvgIpc) is 2.51. The molecule has 3 N–H and O–H groups in total. The lowest BCUT2D eigenvalue weighted by Gasteiger charge is -2.34. The summed E-state index contributed by atoms with van der Waals surface area (Å²) in [6.45, 7) is 13.0. The van der Waals surface area contributed by atoms with Crippen LogP contribution in [0.1, 0.15) is 31.4 Å². The lowest BCUT2D eigenvalue weighted by molar-refractivity contribution is 0.0143. The highest BCUT2D eigenvalue weighted by Crippen LogP contribution is 2.15. The van der Waals surface area contributed by atoms with Crippen molar-refractivity contribution in [2.45, 2.75) is 40.2 Å². The number of nitrogens with zero attached hydrogens (tertiary/aromatic N) is 2. The fourth-order valence-corrected chi connectivity index (χ4v) is 3.26. The second-order valence-electron chi connectivity index (χ2n) is 7.16. The number of ether oxygens (including phenoxy) is 1. The fourth-order valence-electron chi connectivity index (χ4n) is 3.26. The lowest BCUT2D eigenvalue weighted by Crippen LogP contribution is -2.45. The number of hydrogen-bond donors (Lipinski definition) is 2. The summed E-state index contributed by atoms with van der Waals surface area (Å²) in [4.78, 5) is 7.09. The van der Waals surface area contributed by atoms with E-state index in [0.29, 0.717) is 17.9 Å². The van der Waals surface area contributed by atoms with E-state index in [0.717, 1.165) is 45.0 Å². The van der Waals surface area contributed by atoms with Crippen LogP contribution in [0, 0.1) is 19.8 Å². The summed E-state index contributed by atoms with van der Waals surface area (Å²) in [6.07, 6.45) is 1.13. The molecule has 1 aromatic carbocycles. The van der Waals surface area contributed by atoms with E-state index in [1.54, 1.807) is 0 Å². The molecular formula is C19H33IN4O. The van der Waals surface area contributed by atoms with E-state index in [2.05, 4.69) is 61.1 Å². The molecule has 0 aromatic heterocycles. The SMILES string of the molecule is Cc1cc(C)cc(NC(N)=NCC(CC(C)C)N2CCOCC2)c1.I. The standard InChI is InChI=1S/C19H32N4O.HI/c1-14(2)9-18(23-5-7-24-8-6-23)13-21-19(20)22-17-11-15(3)10-16(4)12-17;/h10-12,14,18H,5-9,13H2,1-4H3,(H3,20,21,22);1H. The number of benzene rings is 1. The molecule has 1 aromatic rings. The van der Waals surface area contributed by atoms with Crippen LogP contribution in [0.5, 0.6) is 0 Å². The van der Waals surface area contributed by atoms with Gasteiger partial charge in [0.15, 0.2) is 5.96 Å². The molecule has 2 rings (SSSR count). The molecule has 1 aliphatic rings. The smallest absolute Gasteiger partial charge is 0.193 e. The number of guanidine groups is 1. The zero-order chi connectivity index (χ0) is 17.5. The summed E-state index contributed by atoms with van der Waals surface area (Å²) < 4.78 is 5.47. The summed E-state index contributed by atoms with van der Waals surface area (Å²) in [5, 5.41) is 3.22. The number of hydrogen-bond acceptors (Lipinski definition) is 3. The van der Waals surface area contributed by atoms with Gasteiger partial charge in [-0.05, 0) is 49.4 Å². The number of anilines is 1. The van der Waals surface area contributed by atoms with Crippen molar-refractivity contribution < 1.29 is 4.74 Å². The predicted octanol–water partition coefficient (Wildman–Crippen LogP) is 3.39. The minimum atomic E-state index is 0. The number of morpholine rings is 1. The molecule has 1 saturated heterocycles. The molecule has 6 heteroatoms. The summed E-state index contributed by atoms with van der Waals surface area (Å²) in [6, 6.07) is 6.75. The first-order valence-corrected chi connectivity index (χ1v) is 8.91. The van der Waals surface area contributed by atoms with E-state index in [-0.39, 0.29) is 24.0 Å². The van der Waals surface area contributed by atoms with E-state index < -0.39 is 0 Å². The Labute approximate surface area is 169 Å². The van der Waals surface area contributed by atoms with Crippen LogP contribution >= 0.6 is 24.0 Å². The maximum atomic E-state index is 6.11. The molecule has 0 spiro atoms. The first-order chi connectivity index (χ1) is 11.4. The molecule has 1 unspecified atom stereocenters. The molecule has 0 bridgehead atoms. The molecule has 1 aliphatic heterocycles. The first-order valence-electron chi connectivity index (χ1n) is 8.91. The molecule has 25 heavy (non-hydrogen) atoms. The normalized spacial score (nSPS) is 17.2. The largest absolute Gasteiger partial charge is 0.379 e. The highest BCUT2D eigenvalue weighted by molar-refractivity contribution is 14.0. The summed E-state index contributed by atoms with van der Waals surface area (Å²) >= 11 is 0. The Morgan fingerprint density at radius 3 is 2.36 bits per heavy atom. The molecule has 1 atom stereocenters. The lowest BCUT2D eigenvalue weighted by atomic mass is 10.0. The van der Waals surface area contributed by atoms with Gasteiger partial charge in [0.05, 0.1) is 19.8 Å². The van der Waals surface area contributed by atoms with Crippen molar-refractivity contribution in [2.75, 3.05) is 38.2 Å². The topological polar surface area (TPSA) is 62.9 Å². The number of aliphatic imine (C=N–C) groups is 1. The van der Waals surface area contributed by atoms with Crippen LogP contribution in [0.4, 0.5) is 5.69 Å². The van der Waals surface area contributed by atoms with Crippen molar-refractivity contribution in [1.29, 1.82) is 0 Å². The Morgan fingerprint density at radius 1 is 1.20 bits per heavy atom. The zero-order valence-electron chi connectivity index (χ0n) is 15.9. The number of nitrogens with one attached hydrogen (secondary N) is 1. The quantitative estimate of drug-likeness (QED) is 0.388. The van der Waals surface area contributed by atoms with Gasteiger partial charge in [0.25, 0.3) is 0 Å². The number of rotatable bonds is 6. The number of aryl methyl sites for hydroxylation is 2. The van der Waals surface area contributed by atoms with E-state index in [9.17, 15) is 0 Å². The van der Waals surface area contributed by atoms with Crippen LogP contribution in [0.2, 0.25) is 0 Å². The van der Waals surface area contributed by atoms with Crippen molar-refractivity contribution in [3.63, 3.8) is 0 Å². The van der Waals surface area contributed by atoms with Crippen molar-refractivity contribution in [3.8, 4) is 0 Å². The summed E-state index contributed by atoms with van der Waals surface area (Å²) in [7, 11) is 0. The fraction of sp³-hybridized carbons (Fsp3) is 0.632. The number of nitrogens with two attached hydrogens (primary N) is 1. The molecule has 0 amide bonds. The third kappa shape index (κ3) is 7.92. The molecule has 1 fully saturated rings. The Kier molecular flexibility index (Phi) is 9.74. The minimum Gasteiger partial charge on any atom is -0.379 e. The second kappa shape index (κ2) is 11.0. The molecule has 0 aliphatic carbocycles. The Hall–Kier alpha value is -0.860. The minimum absolute atomic E-state index is 0. The highest BCUT2D eigenvalue weighted by Gasteiger charge is 2.21. The Morgan fingerprint density at radius 2 is 1.80 bits per heavy atom. The van der Waals surface area contributed by atoms with Crippen LogP contribution in [0.25, 0.3) is 0 Å². The van der Waals surface area contributed by atoms with Gasteiger partial charge in [0.2, 0.25) is 0 Å². The molecule has 142 valence electrons. The number of halogens is 1. The van der Waals surface area contributed by atoms with Gasteiger partial charge in [-0.1, -0.05) is 19.9 Å². The highest BCUT2D eigenvalue weighted by atomic mass is 127. The van der Waals surface area contributed by atoms with E-state index in [1.807, 2.05) is 0 Å². The van der Waals surface area contributed by atoms with E-state index >= 15 is 0 Å². The Balaban J connectivity index is 0.00000312. The van der Waals surface area contributed by atoms with Gasteiger partial charge in [-0.15, -0.1) is 24.0 Å². The van der Waals surface area contributed by atoms with Crippen molar-refractivity contribution in [3.05, 3.63) is 29.3 Å².